The lowest BCUT2D eigenvalue weighted by molar-refractivity contribution is 0.304. The number of nitrogens with zero attached hydrogens (tertiary/aromatic N) is 1. The number of hydrogen-bond acceptors (Lipinski definition) is 2. The van der Waals surface area contributed by atoms with E-state index >= 15 is 0 Å². The molecule has 0 aliphatic carbocycles. The largest absolute Gasteiger partial charge is 0.384 e. The Morgan fingerprint density at radius 1 is 1.17 bits per heavy atom. The van der Waals surface area contributed by atoms with Crippen molar-refractivity contribution >= 4 is 5.69 Å². The summed E-state index contributed by atoms with van der Waals surface area (Å²) in [6, 6.07) is 3.50. The molecular formula is C15H26N2O. The van der Waals surface area contributed by atoms with Crippen LogP contribution in [0.25, 0.3) is 0 Å². The molecule has 0 bridgehead atoms. The quantitative estimate of drug-likeness (QED) is 0.841. The van der Waals surface area contributed by atoms with Crippen LogP contribution in [-0.4, -0.2) is 11.1 Å². The van der Waals surface area contributed by atoms with Crippen molar-refractivity contribution in [1.82, 2.24) is 4.57 Å². The highest BCUT2D eigenvalue weighted by Crippen LogP contribution is 2.21. The SMILES string of the molecule is CCn1cc(NCC(C(C)C)C(C)C)ccc1=O. The summed E-state index contributed by atoms with van der Waals surface area (Å²) < 4.78 is 1.72. The molecule has 0 aliphatic rings. The molecular weight excluding hydrogens is 224 g/mol. The first-order valence-electron chi connectivity index (χ1n) is 6.90. The average Bonchev–Trinajstić information content (AvgIpc) is 2.30. The predicted molar refractivity (Wildman–Crippen MR) is 78.0 cm³/mol. The van der Waals surface area contributed by atoms with Gasteiger partial charge < -0.3 is 9.88 Å². The molecule has 0 spiro atoms. The Kier molecular flexibility index (Phi) is 5.45. The number of rotatable bonds is 6. The van der Waals surface area contributed by atoms with Gasteiger partial charge in [-0.2, -0.15) is 0 Å². The maximum atomic E-state index is 11.5. The summed E-state index contributed by atoms with van der Waals surface area (Å²) >= 11 is 0. The molecule has 0 fully saturated rings. The zero-order valence-electron chi connectivity index (χ0n) is 12.2. The number of nitrogens with one attached hydrogen (secondary N) is 1. The first-order chi connectivity index (χ1) is 8.45. The first kappa shape index (κ1) is 14.8. The van der Waals surface area contributed by atoms with Gasteiger partial charge in [-0.1, -0.05) is 27.7 Å². The number of aryl methyl sites for hydroxylation is 1. The van der Waals surface area contributed by atoms with Crippen molar-refractivity contribution < 1.29 is 0 Å². The van der Waals surface area contributed by atoms with Crippen molar-refractivity contribution in [3.63, 3.8) is 0 Å². The van der Waals surface area contributed by atoms with Crippen LogP contribution >= 0.6 is 0 Å². The summed E-state index contributed by atoms with van der Waals surface area (Å²) in [5.41, 5.74) is 1.09. The zero-order chi connectivity index (χ0) is 13.7. The number of anilines is 1. The highest BCUT2D eigenvalue weighted by molar-refractivity contribution is 5.40. The summed E-state index contributed by atoms with van der Waals surface area (Å²) in [5.74, 6) is 1.97. The first-order valence-corrected chi connectivity index (χ1v) is 6.90. The van der Waals surface area contributed by atoms with Gasteiger partial charge in [-0.3, -0.25) is 4.79 Å². The Balaban J connectivity index is 2.70. The molecule has 102 valence electrons. The van der Waals surface area contributed by atoms with Gasteiger partial charge >= 0.3 is 0 Å². The molecule has 1 aromatic heterocycles. The van der Waals surface area contributed by atoms with Gasteiger partial charge in [0.25, 0.3) is 5.56 Å². The van der Waals surface area contributed by atoms with E-state index in [1.807, 2.05) is 19.2 Å². The minimum Gasteiger partial charge on any atom is -0.384 e. The lowest BCUT2D eigenvalue weighted by atomic mass is 9.85. The fraction of sp³-hybridized carbons (Fsp3) is 0.667. The molecule has 3 heteroatoms. The molecule has 1 N–H and O–H groups in total. The van der Waals surface area contributed by atoms with Gasteiger partial charge in [0.2, 0.25) is 0 Å². The number of pyridine rings is 1. The van der Waals surface area contributed by atoms with Crippen molar-refractivity contribution in [2.45, 2.75) is 41.2 Å². The molecule has 1 heterocycles. The molecule has 0 saturated heterocycles. The summed E-state index contributed by atoms with van der Waals surface area (Å²) in [6.45, 7) is 12.7. The lowest BCUT2D eigenvalue weighted by Crippen LogP contribution is -2.25. The van der Waals surface area contributed by atoms with E-state index in [1.54, 1.807) is 10.6 Å². The summed E-state index contributed by atoms with van der Waals surface area (Å²) in [7, 11) is 0. The third kappa shape index (κ3) is 3.90. The molecule has 0 aromatic carbocycles. The van der Waals surface area contributed by atoms with Gasteiger partial charge in [0, 0.05) is 25.4 Å². The molecule has 0 amide bonds. The smallest absolute Gasteiger partial charge is 0.250 e. The molecule has 0 radical (unpaired) electrons. The standard InChI is InChI=1S/C15H26N2O/c1-6-17-10-13(7-8-15(17)18)16-9-14(11(2)3)12(4)5/h7-8,10-12,14,16H,6,9H2,1-5H3. The highest BCUT2D eigenvalue weighted by atomic mass is 16.1. The summed E-state index contributed by atoms with van der Waals surface area (Å²) in [4.78, 5) is 11.5. The topological polar surface area (TPSA) is 34.0 Å². The van der Waals surface area contributed by atoms with E-state index in [0.29, 0.717) is 24.3 Å². The molecule has 3 nitrogen and oxygen atoms in total. The van der Waals surface area contributed by atoms with Gasteiger partial charge in [0.05, 0.1) is 5.69 Å². The third-order valence-electron chi connectivity index (χ3n) is 3.58. The van der Waals surface area contributed by atoms with Crippen LogP contribution in [-0.2, 0) is 6.54 Å². The monoisotopic (exact) mass is 250 g/mol. The highest BCUT2D eigenvalue weighted by Gasteiger charge is 2.16. The molecule has 18 heavy (non-hydrogen) atoms. The van der Waals surface area contributed by atoms with Gasteiger partial charge in [0.15, 0.2) is 0 Å². The fourth-order valence-electron chi connectivity index (χ4n) is 2.36. The molecule has 0 unspecified atom stereocenters. The molecule has 0 saturated carbocycles. The summed E-state index contributed by atoms with van der Waals surface area (Å²) in [5, 5.41) is 3.45. The van der Waals surface area contributed by atoms with E-state index in [1.165, 1.54) is 0 Å². The van der Waals surface area contributed by atoms with Crippen LogP contribution < -0.4 is 10.9 Å². The van der Waals surface area contributed by atoms with E-state index in [-0.39, 0.29) is 5.56 Å². The Morgan fingerprint density at radius 3 is 2.28 bits per heavy atom. The van der Waals surface area contributed by atoms with Crippen molar-refractivity contribution in [2.24, 2.45) is 17.8 Å². The predicted octanol–water partition coefficient (Wildman–Crippen LogP) is 3.21. The van der Waals surface area contributed by atoms with E-state index < -0.39 is 0 Å². The summed E-state index contributed by atoms with van der Waals surface area (Å²) in [6.07, 6.45) is 1.90. The van der Waals surface area contributed by atoms with Crippen LogP contribution in [0.15, 0.2) is 23.1 Å². The van der Waals surface area contributed by atoms with Gasteiger partial charge in [-0.25, -0.2) is 0 Å². The fourth-order valence-corrected chi connectivity index (χ4v) is 2.36. The Bertz CT molecular complexity index is 413. The Hall–Kier alpha value is -1.25. The van der Waals surface area contributed by atoms with Crippen molar-refractivity contribution in [3.8, 4) is 0 Å². The molecule has 0 atom stereocenters. The lowest BCUT2D eigenvalue weighted by Gasteiger charge is -2.25. The second-order valence-electron chi connectivity index (χ2n) is 5.57. The molecule has 1 rings (SSSR count). The van der Waals surface area contributed by atoms with Crippen LogP contribution in [0, 0.1) is 17.8 Å². The minimum atomic E-state index is 0.0623. The normalized spacial score (nSPS) is 11.6. The third-order valence-corrected chi connectivity index (χ3v) is 3.58. The second kappa shape index (κ2) is 6.62. The van der Waals surface area contributed by atoms with Crippen LogP contribution in [0.3, 0.4) is 0 Å². The molecule has 1 aromatic rings. The van der Waals surface area contributed by atoms with Crippen molar-refractivity contribution in [1.29, 1.82) is 0 Å². The second-order valence-corrected chi connectivity index (χ2v) is 5.57. The van der Waals surface area contributed by atoms with Crippen LogP contribution in [0.5, 0.6) is 0 Å². The maximum absolute atomic E-state index is 11.5. The van der Waals surface area contributed by atoms with Crippen molar-refractivity contribution in [2.75, 3.05) is 11.9 Å². The minimum absolute atomic E-state index is 0.0623. The van der Waals surface area contributed by atoms with Crippen molar-refractivity contribution in [3.05, 3.63) is 28.7 Å². The van der Waals surface area contributed by atoms with E-state index in [0.717, 1.165) is 12.2 Å². The van der Waals surface area contributed by atoms with E-state index in [9.17, 15) is 4.79 Å². The Labute approximate surface area is 110 Å². The molecule has 0 aliphatic heterocycles. The van der Waals surface area contributed by atoms with Gasteiger partial charge in [-0.15, -0.1) is 0 Å². The maximum Gasteiger partial charge on any atom is 0.250 e. The number of aromatic nitrogens is 1. The Morgan fingerprint density at radius 2 is 1.78 bits per heavy atom. The van der Waals surface area contributed by atoms with Crippen LogP contribution in [0.4, 0.5) is 5.69 Å². The zero-order valence-corrected chi connectivity index (χ0v) is 12.2. The average molecular weight is 250 g/mol. The van der Waals surface area contributed by atoms with Gasteiger partial charge in [-0.05, 0) is 30.7 Å². The van der Waals surface area contributed by atoms with E-state index in [2.05, 4.69) is 33.0 Å². The van der Waals surface area contributed by atoms with Gasteiger partial charge in [0.1, 0.15) is 0 Å². The van der Waals surface area contributed by atoms with Crippen LogP contribution in [0.2, 0.25) is 0 Å². The van der Waals surface area contributed by atoms with E-state index in [4.69, 9.17) is 0 Å². The number of hydrogen-bond donors (Lipinski definition) is 1. The van der Waals surface area contributed by atoms with Crippen LogP contribution in [0.1, 0.15) is 34.6 Å².